The first kappa shape index (κ1) is 17.9. The lowest BCUT2D eigenvalue weighted by atomic mass is 10.2. The molecule has 5 nitrogen and oxygen atoms in total. The van der Waals surface area contributed by atoms with Gasteiger partial charge in [-0.05, 0) is 43.3 Å². The lowest BCUT2D eigenvalue weighted by Crippen LogP contribution is -2.34. The molecule has 6 heteroatoms. The number of thiol groups is 1. The lowest BCUT2D eigenvalue weighted by molar-refractivity contribution is 0.0926. The predicted octanol–water partition coefficient (Wildman–Crippen LogP) is 2.53. The zero-order valence-electron chi connectivity index (χ0n) is 13.4. The first-order chi connectivity index (χ1) is 11.6. The van der Waals surface area contributed by atoms with Crippen molar-refractivity contribution in [1.82, 2.24) is 10.6 Å². The normalized spacial score (nSPS) is 10.1. The molecule has 2 rings (SSSR count). The van der Waals surface area contributed by atoms with Gasteiger partial charge in [-0.2, -0.15) is 0 Å². The van der Waals surface area contributed by atoms with Crippen LogP contribution in [-0.4, -0.2) is 31.5 Å². The van der Waals surface area contributed by atoms with Gasteiger partial charge in [0.25, 0.3) is 11.8 Å². The van der Waals surface area contributed by atoms with Crippen molar-refractivity contribution in [3.63, 3.8) is 0 Å². The first-order valence-electron chi connectivity index (χ1n) is 7.69. The maximum atomic E-state index is 12.0. The minimum absolute atomic E-state index is 0.193. The largest absolute Gasteiger partial charge is 0.494 e. The van der Waals surface area contributed by atoms with Crippen molar-refractivity contribution in [2.75, 3.05) is 19.7 Å². The molecule has 0 aliphatic heterocycles. The topological polar surface area (TPSA) is 67.4 Å². The number of hydrogen-bond donors (Lipinski definition) is 3. The Hall–Kier alpha value is -2.47. The third kappa shape index (κ3) is 5.03. The summed E-state index contributed by atoms with van der Waals surface area (Å²) in [4.78, 5) is 24.6. The van der Waals surface area contributed by atoms with Crippen LogP contribution in [-0.2, 0) is 0 Å². The quantitative estimate of drug-likeness (QED) is 0.534. The van der Waals surface area contributed by atoms with Gasteiger partial charge in [0.1, 0.15) is 5.75 Å². The van der Waals surface area contributed by atoms with Crippen LogP contribution in [0.25, 0.3) is 0 Å². The van der Waals surface area contributed by atoms with E-state index in [9.17, 15) is 9.59 Å². The second kappa shape index (κ2) is 8.98. The Morgan fingerprint density at radius 2 is 1.58 bits per heavy atom. The molecule has 126 valence electrons. The average molecular weight is 344 g/mol. The summed E-state index contributed by atoms with van der Waals surface area (Å²) in [5.74, 6) is 0.324. The van der Waals surface area contributed by atoms with Crippen LogP contribution >= 0.6 is 12.6 Å². The van der Waals surface area contributed by atoms with Gasteiger partial charge in [-0.15, -0.1) is 12.6 Å². The van der Waals surface area contributed by atoms with Crippen LogP contribution in [0.15, 0.2) is 53.4 Å². The highest BCUT2D eigenvalue weighted by Gasteiger charge is 2.09. The molecule has 0 heterocycles. The smallest absolute Gasteiger partial charge is 0.252 e. The van der Waals surface area contributed by atoms with Gasteiger partial charge >= 0.3 is 0 Å². The molecular weight excluding hydrogens is 324 g/mol. The highest BCUT2D eigenvalue weighted by Crippen LogP contribution is 2.13. The number of ether oxygens (including phenoxy) is 1. The number of amides is 2. The first-order valence-corrected chi connectivity index (χ1v) is 8.13. The molecule has 0 bridgehead atoms. The minimum atomic E-state index is -0.212. The molecule has 0 unspecified atom stereocenters. The van der Waals surface area contributed by atoms with Gasteiger partial charge in [0.15, 0.2) is 0 Å². The summed E-state index contributed by atoms with van der Waals surface area (Å²) >= 11 is 4.25. The fourth-order valence-corrected chi connectivity index (χ4v) is 2.35. The number of carbonyl (C=O) groups is 2. The van der Waals surface area contributed by atoms with E-state index in [1.165, 1.54) is 0 Å². The Bertz CT molecular complexity index is 702. The second-order valence-electron chi connectivity index (χ2n) is 4.99. The summed E-state index contributed by atoms with van der Waals surface area (Å²) in [7, 11) is 0. The Kier molecular flexibility index (Phi) is 6.69. The van der Waals surface area contributed by atoms with Gasteiger partial charge in [0.05, 0.1) is 12.2 Å². The Morgan fingerprint density at radius 1 is 0.958 bits per heavy atom. The maximum Gasteiger partial charge on any atom is 0.252 e. The molecule has 0 aliphatic rings. The van der Waals surface area contributed by atoms with Gasteiger partial charge < -0.3 is 15.4 Å². The Balaban J connectivity index is 1.76. The second-order valence-corrected chi connectivity index (χ2v) is 5.47. The lowest BCUT2D eigenvalue weighted by Gasteiger charge is -2.09. The number of carbonyl (C=O) groups excluding carboxylic acids is 2. The molecule has 2 N–H and O–H groups in total. The Morgan fingerprint density at radius 3 is 2.21 bits per heavy atom. The fourth-order valence-electron chi connectivity index (χ4n) is 2.08. The standard InChI is InChI=1S/C18H20N2O3S/c1-2-23-14-9-7-13(8-10-14)17(21)19-11-12-20-18(22)15-5-3-4-6-16(15)24/h3-10,24H,2,11-12H2,1H3,(H,19,21)(H,20,22). The van der Waals surface area contributed by atoms with Crippen molar-refractivity contribution < 1.29 is 14.3 Å². The fraction of sp³-hybridized carbons (Fsp3) is 0.222. The zero-order chi connectivity index (χ0) is 17.4. The predicted molar refractivity (Wildman–Crippen MR) is 96.0 cm³/mol. The van der Waals surface area contributed by atoms with Crippen molar-refractivity contribution >= 4 is 24.4 Å². The number of rotatable bonds is 7. The molecule has 0 saturated heterocycles. The van der Waals surface area contributed by atoms with Crippen molar-refractivity contribution in [1.29, 1.82) is 0 Å². The van der Waals surface area contributed by atoms with E-state index in [0.717, 1.165) is 5.75 Å². The van der Waals surface area contributed by atoms with Crippen LogP contribution < -0.4 is 15.4 Å². The van der Waals surface area contributed by atoms with Crippen LogP contribution in [0.4, 0.5) is 0 Å². The van der Waals surface area contributed by atoms with Gasteiger partial charge in [0.2, 0.25) is 0 Å². The van der Waals surface area contributed by atoms with Gasteiger partial charge in [-0.25, -0.2) is 0 Å². The van der Waals surface area contributed by atoms with E-state index in [4.69, 9.17) is 4.74 Å². The van der Waals surface area contributed by atoms with E-state index >= 15 is 0 Å². The van der Waals surface area contributed by atoms with Crippen molar-refractivity contribution in [3.05, 3.63) is 59.7 Å². The number of nitrogens with one attached hydrogen (secondary N) is 2. The monoisotopic (exact) mass is 344 g/mol. The molecule has 2 amide bonds. The molecule has 24 heavy (non-hydrogen) atoms. The van der Waals surface area contributed by atoms with Crippen LogP contribution in [0.2, 0.25) is 0 Å². The van der Waals surface area contributed by atoms with E-state index in [-0.39, 0.29) is 11.8 Å². The van der Waals surface area contributed by atoms with E-state index in [2.05, 4.69) is 23.3 Å². The summed E-state index contributed by atoms with van der Waals surface area (Å²) in [6.45, 7) is 3.16. The third-order valence-corrected chi connectivity index (χ3v) is 3.66. The summed E-state index contributed by atoms with van der Waals surface area (Å²) < 4.78 is 5.33. The summed E-state index contributed by atoms with van der Waals surface area (Å²) in [5.41, 5.74) is 1.06. The molecule has 2 aromatic rings. The maximum absolute atomic E-state index is 12.0. The van der Waals surface area contributed by atoms with Gasteiger partial charge in [-0.3, -0.25) is 9.59 Å². The molecule has 0 aromatic heterocycles. The number of hydrogen-bond acceptors (Lipinski definition) is 4. The van der Waals surface area contributed by atoms with E-state index < -0.39 is 0 Å². The van der Waals surface area contributed by atoms with Crippen molar-refractivity contribution in [2.45, 2.75) is 11.8 Å². The summed E-state index contributed by atoms with van der Waals surface area (Å²) in [6.07, 6.45) is 0. The molecule has 0 atom stereocenters. The molecular formula is C18H20N2O3S. The van der Waals surface area contributed by atoms with Crippen LogP contribution in [0.5, 0.6) is 5.75 Å². The zero-order valence-corrected chi connectivity index (χ0v) is 14.3. The highest BCUT2D eigenvalue weighted by atomic mass is 32.1. The van der Waals surface area contributed by atoms with Gasteiger partial charge in [-0.1, -0.05) is 12.1 Å². The Labute approximate surface area is 146 Å². The molecule has 0 fully saturated rings. The average Bonchev–Trinajstić information content (AvgIpc) is 2.59. The molecule has 0 spiro atoms. The minimum Gasteiger partial charge on any atom is -0.494 e. The summed E-state index contributed by atoms with van der Waals surface area (Å²) in [6, 6.07) is 14.0. The summed E-state index contributed by atoms with van der Waals surface area (Å²) in [5, 5.41) is 5.51. The molecule has 0 radical (unpaired) electrons. The van der Waals surface area contributed by atoms with Crippen molar-refractivity contribution in [3.8, 4) is 5.75 Å². The van der Waals surface area contributed by atoms with Crippen molar-refractivity contribution in [2.24, 2.45) is 0 Å². The van der Waals surface area contributed by atoms with E-state index in [0.29, 0.717) is 35.7 Å². The van der Waals surface area contributed by atoms with Crippen LogP contribution in [0.1, 0.15) is 27.6 Å². The van der Waals surface area contributed by atoms with E-state index in [1.54, 1.807) is 42.5 Å². The third-order valence-electron chi connectivity index (χ3n) is 3.27. The van der Waals surface area contributed by atoms with Gasteiger partial charge in [0, 0.05) is 23.5 Å². The molecule has 0 saturated carbocycles. The molecule has 0 aliphatic carbocycles. The van der Waals surface area contributed by atoms with Crippen LogP contribution in [0, 0.1) is 0 Å². The van der Waals surface area contributed by atoms with E-state index in [1.807, 2.05) is 13.0 Å². The number of benzene rings is 2. The SMILES string of the molecule is CCOc1ccc(C(=O)NCCNC(=O)c2ccccc2S)cc1. The highest BCUT2D eigenvalue weighted by molar-refractivity contribution is 7.80. The molecule has 2 aromatic carbocycles. The van der Waals surface area contributed by atoms with Crippen LogP contribution in [0.3, 0.4) is 0 Å².